The van der Waals surface area contributed by atoms with Gasteiger partial charge in [-0.3, -0.25) is 9.89 Å². The molecule has 0 aliphatic rings. The predicted octanol–water partition coefficient (Wildman–Crippen LogP) is 4.92. The molecule has 1 amide bonds. The number of aromatic nitrogens is 2. The number of hydrogen-bond donors (Lipinski definition) is 2. The van der Waals surface area contributed by atoms with Crippen molar-refractivity contribution in [2.24, 2.45) is 0 Å². The SMILES string of the molecule is Cc1cc(NC(=O)Cc2ccsc2)cc2c(-c3cccc(F)c3)[nH]nc12. The number of rotatable bonds is 4. The van der Waals surface area contributed by atoms with E-state index in [1.54, 1.807) is 17.4 Å². The Morgan fingerprint density at radius 1 is 1.27 bits per heavy atom. The van der Waals surface area contributed by atoms with Crippen LogP contribution in [0.4, 0.5) is 10.1 Å². The van der Waals surface area contributed by atoms with Gasteiger partial charge in [-0.25, -0.2) is 4.39 Å². The number of aryl methyl sites for hydroxylation is 1. The van der Waals surface area contributed by atoms with Gasteiger partial charge in [0.15, 0.2) is 0 Å². The van der Waals surface area contributed by atoms with Gasteiger partial charge in [0.25, 0.3) is 0 Å². The molecule has 4 rings (SSSR count). The second-order valence-corrected chi connectivity index (χ2v) is 6.93. The summed E-state index contributed by atoms with van der Waals surface area (Å²) in [6.45, 7) is 1.94. The second-order valence-electron chi connectivity index (χ2n) is 6.15. The van der Waals surface area contributed by atoms with Crippen molar-refractivity contribution >= 4 is 33.8 Å². The van der Waals surface area contributed by atoms with Crippen LogP contribution in [0.2, 0.25) is 0 Å². The number of fused-ring (bicyclic) bond motifs is 1. The van der Waals surface area contributed by atoms with Crippen LogP contribution in [0.25, 0.3) is 22.2 Å². The van der Waals surface area contributed by atoms with Gasteiger partial charge in [0.1, 0.15) is 5.82 Å². The zero-order valence-corrected chi connectivity index (χ0v) is 14.9. The summed E-state index contributed by atoms with van der Waals surface area (Å²) in [4.78, 5) is 12.3. The summed E-state index contributed by atoms with van der Waals surface area (Å²) in [5, 5.41) is 15.0. The largest absolute Gasteiger partial charge is 0.326 e. The van der Waals surface area contributed by atoms with Crippen molar-refractivity contribution in [1.29, 1.82) is 0 Å². The fraction of sp³-hybridized carbons (Fsp3) is 0.100. The molecule has 0 spiro atoms. The number of nitrogens with zero attached hydrogens (tertiary/aromatic N) is 1. The maximum absolute atomic E-state index is 13.6. The van der Waals surface area contributed by atoms with E-state index < -0.39 is 0 Å². The number of thiophene rings is 1. The Morgan fingerprint density at radius 2 is 2.15 bits per heavy atom. The number of benzene rings is 2. The number of anilines is 1. The maximum Gasteiger partial charge on any atom is 0.228 e. The van der Waals surface area contributed by atoms with E-state index in [0.717, 1.165) is 27.7 Å². The first-order valence-corrected chi connectivity index (χ1v) is 9.10. The highest BCUT2D eigenvalue weighted by Gasteiger charge is 2.13. The van der Waals surface area contributed by atoms with Gasteiger partial charge in [-0.15, -0.1) is 0 Å². The minimum absolute atomic E-state index is 0.0713. The summed E-state index contributed by atoms with van der Waals surface area (Å²) in [6.07, 6.45) is 0.336. The minimum Gasteiger partial charge on any atom is -0.326 e. The first kappa shape index (κ1) is 16.5. The van der Waals surface area contributed by atoms with Gasteiger partial charge < -0.3 is 5.32 Å². The molecule has 0 saturated heterocycles. The normalized spacial score (nSPS) is 11.0. The van der Waals surface area contributed by atoms with Gasteiger partial charge >= 0.3 is 0 Å². The Kier molecular flexibility index (Phi) is 4.26. The molecule has 2 N–H and O–H groups in total. The van der Waals surface area contributed by atoms with Gasteiger partial charge in [0.05, 0.1) is 17.6 Å². The zero-order valence-electron chi connectivity index (χ0n) is 14.0. The second kappa shape index (κ2) is 6.72. The van der Waals surface area contributed by atoms with Crippen molar-refractivity contribution < 1.29 is 9.18 Å². The van der Waals surface area contributed by atoms with E-state index in [9.17, 15) is 9.18 Å². The van der Waals surface area contributed by atoms with Crippen LogP contribution in [0.1, 0.15) is 11.1 Å². The summed E-state index contributed by atoms with van der Waals surface area (Å²) >= 11 is 1.57. The van der Waals surface area contributed by atoms with Crippen molar-refractivity contribution in [3.63, 3.8) is 0 Å². The highest BCUT2D eigenvalue weighted by atomic mass is 32.1. The highest BCUT2D eigenvalue weighted by molar-refractivity contribution is 7.08. The lowest BCUT2D eigenvalue weighted by Gasteiger charge is -2.07. The Bertz CT molecular complexity index is 1090. The van der Waals surface area contributed by atoms with Crippen LogP contribution in [0.5, 0.6) is 0 Å². The van der Waals surface area contributed by atoms with Crippen LogP contribution < -0.4 is 5.32 Å². The number of halogens is 1. The van der Waals surface area contributed by atoms with Crippen LogP contribution in [0.3, 0.4) is 0 Å². The molecule has 0 saturated carbocycles. The molecule has 2 aromatic carbocycles. The molecular weight excluding hydrogens is 349 g/mol. The lowest BCUT2D eigenvalue weighted by atomic mass is 10.0. The number of amides is 1. The molecule has 26 heavy (non-hydrogen) atoms. The summed E-state index contributed by atoms with van der Waals surface area (Å²) in [5.41, 5.74) is 4.89. The fourth-order valence-electron chi connectivity index (χ4n) is 3.01. The van der Waals surface area contributed by atoms with E-state index in [1.807, 2.05) is 41.9 Å². The Balaban J connectivity index is 1.68. The number of nitrogens with one attached hydrogen (secondary N) is 2. The minimum atomic E-state index is -0.304. The van der Waals surface area contributed by atoms with Crippen molar-refractivity contribution in [2.75, 3.05) is 5.32 Å². The Hall–Kier alpha value is -2.99. The third-order valence-corrected chi connectivity index (χ3v) is 4.92. The summed E-state index contributed by atoms with van der Waals surface area (Å²) < 4.78 is 13.6. The molecule has 0 unspecified atom stereocenters. The maximum atomic E-state index is 13.6. The molecule has 0 aliphatic carbocycles. The van der Waals surface area contributed by atoms with E-state index in [0.29, 0.717) is 17.7 Å². The van der Waals surface area contributed by atoms with Gasteiger partial charge in [-0.1, -0.05) is 12.1 Å². The molecule has 0 atom stereocenters. The summed E-state index contributed by atoms with van der Waals surface area (Å²) in [5.74, 6) is -0.375. The van der Waals surface area contributed by atoms with Crippen molar-refractivity contribution in [2.45, 2.75) is 13.3 Å². The van der Waals surface area contributed by atoms with Crippen LogP contribution in [-0.2, 0) is 11.2 Å². The van der Waals surface area contributed by atoms with E-state index in [4.69, 9.17) is 0 Å². The Morgan fingerprint density at radius 3 is 2.92 bits per heavy atom. The van der Waals surface area contributed by atoms with Crippen LogP contribution in [0.15, 0.2) is 53.2 Å². The van der Waals surface area contributed by atoms with Crippen LogP contribution in [-0.4, -0.2) is 16.1 Å². The van der Waals surface area contributed by atoms with E-state index >= 15 is 0 Å². The topological polar surface area (TPSA) is 57.8 Å². The van der Waals surface area contributed by atoms with Crippen molar-refractivity contribution in [3.05, 3.63) is 70.2 Å². The molecule has 130 valence electrons. The summed E-state index contributed by atoms with van der Waals surface area (Å²) in [6, 6.07) is 12.1. The number of aromatic amines is 1. The molecule has 0 bridgehead atoms. The van der Waals surface area contributed by atoms with E-state index in [-0.39, 0.29) is 11.7 Å². The lowest BCUT2D eigenvalue weighted by molar-refractivity contribution is -0.115. The quantitative estimate of drug-likeness (QED) is 0.539. The van der Waals surface area contributed by atoms with Gasteiger partial charge in [0, 0.05) is 16.6 Å². The third kappa shape index (κ3) is 3.23. The standard InChI is InChI=1S/C20H16FN3OS/c1-12-7-16(22-18(25)8-13-5-6-26-11-13)10-17-19(12)23-24-20(17)14-3-2-4-15(21)9-14/h2-7,9-11H,8H2,1H3,(H,22,25)(H,23,24). The molecule has 4 aromatic rings. The summed E-state index contributed by atoms with van der Waals surface area (Å²) in [7, 11) is 0. The van der Waals surface area contributed by atoms with E-state index in [1.165, 1.54) is 12.1 Å². The fourth-order valence-corrected chi connectivity index (χ4v) is 3.68. The molecule has 4 nitrogen and oxygen atoms in total. The van der Waals surface area contributed by atoms with Crippen LogP contribution >= 0.6 is 11.3 Å². The molecule has 2 aromatic heterocycles. The monoisotopic (exact) mass is 365 g/mol. The van der Waals surface area contributed by atoms with Crippen molar-refractivity contribution in [1.82, 2.24) is 10.2 Å². The average Bonchev–Trinajstić information content (AvgIpc) is 3.24. The number of H-pyrrole nitrogens is 1. The lowest BCUT2D eigenvalue weighted by Crippen LogP contribution is -2.14. The number of carbonyl (C=O) groups is 1. The third-order valence-electron chi connectivity index (χ3n) is 4.19. The van der Waals surface area contributed by atoms with E-state index in [2.05, 4.69) is 15.5 Å². The average molecular weight is 365 g/mol. The van der Waals surface area contributed by atoms with Gasteiger partial charge in [-0.05, 0) is 59.1 Å². The molecule has 2 heterocycles. The molecule has 6 heteroatoms. The molecule has 0 radical (unpaired) electrons. The van der Waals surface area contributed by atoms with Gasteiger partial charge in [-0.2, -0.15) is 16.4 Å². The predicted molar refractivity (Wildman–Crippen MR) is 103 cm³/mol. The van der Waals surface area contributed by atoms with Crippen molar-refractivity contribution in [3.8, 4) is 11.3 Å². The molecule has 0 aliphatic heterocycles. The first-order valence-electron chi connectivity index (χ1n) is 8.16. The van der Waals surface area contributed by atoms with Crippen LogP contribution in [0, 0.1) is 12.7 Å². The first-order chi connectivity index (χ1) is 12.6. The molecular formula is C20H16FN3OS. The molecule has 0 fully saturated rings. The highest BCUT2D eigenvalue weighted by Crippen LogP contribution is 2.31. The number of carbonyl (C=O) groups excluding carboxylic acids is 1. The van der Waals surface area contributed by atoms with Gasteiger partial charge in [0.2, 0.25) is 5.91 Å². The smallest absolute Gasteiger partial charge is 0.228 e. The Labute approximate surface area is 153 Å². The number of hydrogen-bond acceptors (Lipinski definition) is 3. The zero-order chi connectivity index (χ0) is 18.1.